The fourth-order valence-corrected chi connectivity index (χ4v) is 2.11. The van der Waals surface area contributed by atoms with Crippen LogP contribution in [0.4, 0.5) is 11.4 Å². The van der Waals surface area contributed by atoms with Crippen LogP contribution in [-0.4, -0.2) is 41.6 Å². The lowest BCUT2D eigenvalue weighted by Crippen LogP contribution is -2.47. The van der Waals surface area contributed by atoms with Crippen molar-refractivity contribution in [2.45, 2.75) is 19.9 Å². The molecule has 6 nitrogen and oxygen atoms in total. The van der Waals surface area contributed by atoms with Gasteiger partial charge < -0.3 is 19.9 Å². The van der Waals surface area contributed by atoms with E-state index in [2.05, 4.69) is 4.98 Å². The number of carboxylic acids is 1. The maximum absolute atomic E-state index is 11.6. The van der Waals surface area contributed by atoms with Crippen molar-refractivity contribution >= 4 is 23.3 Å². The molecule has 0 spiro atoms. The van der Waals surface area contributed by atoms with Crippen LogP contribution >= 0.6 is 0 Å². The second-order valence-corrected chi connectivity index (χ2v) is 4.29. The summed E-state index contributed by atoms with van der Waals surface area (Å²) in [6.45, 7) is 3.93. The molecule has 0 aliphatic carbocycles. The SMILES string of the molecule is CC(=O)N1CC(C)N(C)c2c[nH]c(C(=O)O)c21. The number of fused-ring (bicyclic) bond motifs is 1. The number of carbonyl (C=O) groups excluding carboxylic acids is 1. The van der Waals surface area contributed by atoms with E-state index in [0.29, 0.717) is 12.2 Å². The molecule has 1 unspecified atom stereocenters. The van der Waals surface area contributed by atoms with Crippen LogP contribution in [0.5, 0.6) is 0 Å². The molecule has 1 atom stereocenters. The van der Waals surface area contributed by atoms with Crippen LogP contribution < -0.4 is 9.80 Å². The first-order valence-electron chi connectivity index (χ1n) is 5.39. The zero-order chi connectivity index (χ0) is 12.7. The average Bonchev–Trinajstić information content (AvgIpc) is 2.67. The highest BCUT2D eigenvalue weighted by atomic mass is 16.4. The molecule has 1 aliphatic heterocycles. The molecule has 1 aliphatic rings. The summed E-state index contributed by atoms with van der Waals surface area (Å²) in [4.78, 5) is 28.9. The molecule has 0 fully saturated rings. The standard InChI is InChI=1S/C11H15N3O3/c1-6-5-14(7(2)15)10-8(13(6)3)4-12-9(10)11(16)17/h4,6,12H,5H2,1-3H3,(H,16,17). The smallest absolute Gasteiger partial charge is 0.354 e. The molecule has 2 rings (SSSR count). The van der Waals surface area contributed by atoms with Crippen molar-refractivity contribution in [2.24, 2.45) is 0 Å². The van der Waals surface area contributed by atoms with Crippen LogP contribution in [0.25, 0.3) is 0 Å². The Balaban J connectivity index is 2.59. The number of aromatic nitrogens is 1. The first-order chi connectivity index (χ1) is 7.93. The van der Waals surface area contributed by atoms with Crippen molar-refractivity contribution < 1.29 is 14.7 Å². The molecule has 0 saturated heterocycles. The highest BCUT2D eigenvalue weighted by Crippen LogP contribution is 2.37. The van der Waals surface area contributed by atoms with E-state index in [1.54, 1.807) is 6.20 Å². The highest BCUT2D eigenvalue weighted by molar-refractivity contribution is 6.05. The topological polar surface area (TPSA) is 76.6 Å². The molecular weight excluding hydrogens is 222 g/mol. The van der Waals surface area contributed by atoms with Crippen LogP contribution in [-0.2, 0) is 4.79 Å². The number of hydrogen-bond acceptors (Lipinski definition) is 3. The maximum atomic E-state index is 11.6. The Morgan fingerprint density at radius 2 is 2.18 bits per heavy atom. The van der Waals surface area contributed by atoms with Gasteiger partial charge in [-0.1, -0.05) is 0 Å². The normalized spacial score (nSPS) is 19.1. The van der Waals surface area contributed by atoms with Crippen LogP contribution in [0.3, 0.4) is 0 Å². The summed E-state index contributed by atoms with van der Waals surface area (Å²) in [5.74, 6) is -1.20. The summed E-state index contributed by atoms with van der Waals surface area (Å²) in [6.07, 6.45) is 1.63. The second kappa shape index (κ2) is 3.80. The zero-order valence-corrected chi connectivity index (χ0v) is 10.0. The van der Waals surface area contributed by atoms with Gasteiger partial charge >= 0.3 is 5.97 Å². The number of nitrogens with one attached hydrogen (secondary N) is 1. The summed E-state index contributed by atoms with van der Waals surface area (Å²) in [5, 5.41) is 9.09. The lowest BCUT2D eigenvalue weighted by molar-refractivity contribution is -0.116. The lowest BCUT2D eigenvalue weighted by atomic mass is 10.1. The van der Waals surface area contributed by atoms with Crippen molar-refractivity contribution in [1.82, 2.24) is 4.98 Å². The van der Waals surface area contributed by atoms with E-state index in [1.165, 1.54) is 11.8 Å². The van der Waals surface area contributed by atoms with Gasteiger partial charge in [0.25, 0.3) is 0 Å². The Morgan fingerprint density at radius 3 is 2.71 bits per heavy atom. The summed E-state index contributed by atoms with van der Waals surface area (Å²) in [5.41, 5.74) is 1.27. The average molecular weight is 237 g/mol. The van der Waals surface area contributed by atoms with Crippen LogP contribution in [0.2, 0.25) is 0 Å². The van der Waals surface area contributed by atoms with Crippen molar-refractivity contribution in [1.29, 1.82) is 0 Å². The summed E-state index contributed by atoms with van der Waals surface area (Å²) in [7, 11) is 1.89. The number of aromatic amines is 1. The third-order valence-corrected chi connectivity index (χ3v) is 3.18. The number of carbonyl (C=O) groups is 2. The van der Waals surface area contributed by atoms with Gasteiger partial charge in [0.1, 0.15) is 5.69 Å². The monoisotopic (exact) mass is 237 g/mol. The molecule has 1 amide bonds. The molecule has 0 aromatic carbocycles. The molecular formula is C11H15N3O3. The minimum atomic E-state index is -1.06. The predicted octanol–water partition coefficient (Wildman–Crippen LogP) is 0.904. The van der Waals surface area contributed by atoms with Gasteiger partial charge in [0.05, 0.1) is 5.69 Å². The number of rotatable bonds is 1. The van der Waals surface area contributed by atoms with Gasteiger partial charge in [0.15, 0.2) is 5.69 Å². The lowest BCUT2D eigenvalue weighted by Gasteiger charge is -2.38. The quantitative estimate of drug-likeness (QED) is 0.761. The van der Waals surface area contributed by atoms with Gasteiger partial charge in [-0.15, -0.1) is 0 Å². The zero-order valence-electron chi connectivity index (χ0n) is 10.0. The predicted molar refractivity (Wildman–Crippen MR) is 63.6 cm³/mol. The Bertz CT molecular complexity index is 480. The van der Waals surface area contributed by atoms with Crippen molar-refractivity contribution in [3.05, 3.63) is 11.9 Å². The molecule has 0 radical (unpaired) electrons. The minimum Gasteiger partial charge on any atom is -0.477 e. The van der Waals surface area contributed by atoms with E-state index in [9.17, 15) is 9.59 Å². The largest absolute Gasteiger partial charge is 0.477 e. The number of anilines is 2. The number of carboxylic acid groups (broad SMARTS) is 1. The summed E-state index contributed by atoms with van der Waals surface area (Å²) >= 11 is 0. The van der Waals surface area contributed by atoms with Crippen molar-refractivity contribution in [3.63, 3.8) is 0 Å². The maximum Gasteiger partial charge on any atom is 0.354 e. The van der Waals surface area contributed by atoms with Gasteiger partial charge in [-0.3, -0.25) is 4.79 Å². The van der Waals surface area contributed by atoms with E-state index in [0.717, 1.165) is 5.69 Å². The summed E-state index contributed by atoms with van der Waals surface area (Å²) < 4.78 is 0. The molecule has 92 valence electrons. The molecule has 2 heterocycles. The Labute approximate surface area is 98.8 Å². The van der Waals surface area contributed by atoms with E-state index >= 15 is 0 Å². The highest BCUT2D eigenvalue weighted by Gasteiger charge is 2.33. The van der Waals surface area contributed by atoms with Gasteiger partial charge in [-0.25, -0.2) is 4.79 Å². The van der Waals surface area contributed by atoms with Crippen molar-refractivity contribution in [3.8, 4) is 0 Å². The van der Waals surface area contributed by atoms with Gasteiger partial charge in [-0.2, -0.15) is 0 Å². The fraction of sp³-hybridized carbons (Fsp3) is 0.455. The molecule has 6 heteroatoms. The van der Waals surface area contributed by atoms with Crippen molar-refractivity contribution in [2.75, 3.05) is 23.4 Å². The molecule has 1 aromatic heterocycles. The van der Waals surface area contributed by atoms with Crippen LogP contribution in [0.1, 0.15) is 24.3 Å². The first kappa shape index (κ1) is 11.5. The second-order valence-electron chi connectivity index (χ2n) is 4.29. The minimum absolute atomic E-state index is 0.0638. The third kappa shape index (κ3) is 1.65. The Hall–Kier alpha value is -1.98. The number of aromatic carboxylic acids is 1. The molecule has 0 saturated carbocycles. The number of amides is 1. The van der Waals surface area contributed by atoms with E-state index < -0.39 is 5.97 Å². The van der Waals surface area contributed by atoms with Gasteiger partial charge in [0.2, 0.25) is 5.91 Å². The molecule has 2 N–H and O–H groups in total. The van der Waals surface area contributed by atoms with Crippen LogP contribution in [0, 0.1) is 0 Å². The third-order valence-electron chi connectivity index (χ3n) is 3.18. The summed E-state index contributed by atoms with van der Waals surface area (Å²) in [6, 6.07) is 0.156. The first-order valence-corrected chi connectivity index (χ1v) is 5.39. The van der Waals surface area contributed by atoms with E-state index in [1.807, 2.05) is 18.9 Å². The molecule has 0 bridgehead atoms. The van der Waals surface area contributed by atoms with Crippen LogP contribution in [0.15, 0.2) is 6.20 Å². The number of nitrogens with zero attached hydrogens (tertiary/aromatic N) is 2. The van der Waals surface area contributed by atoms with E-state index in [-0.39, 0.29) is 17.6 Å². The molecule has 1 aromatic rings. The Morgan fingerprint density at radius 1 is 1.53 bits per heavy atom. The van der Waals surface area contributed by atoms with E-state index in [4.69, 9.17) is 5.11 Å². The number of hydrogen-bond donors (Lipinski definition) is 2. The Kier molecular flexibility index (Phi) is 2.57. The fourth-order valence-electron chi connectivity index (χ4n) is 2.11. The number of likely N-dealkylation sites (N-methyl/N-ethyl adjacent to an activating group) is 1. The number of H-pyrrole nitrogens is 1. The molecule has 17 heavy (non-hydrogen) atoms. The van der Waals surface area contributed by atoms with Gasteiger partial charge in [0, 0.05) is 32.8 Å². The van der Waals surface area contributed by atoms with Gasteiger partial charge in [-0.05, 0) is 6.92 Å².